The van der Waals surface area contributed by atoms with Crippen molar-refractivity contribution in [3.63, 3.8) is 0 Å². The number of hydrogen-bond acceptors (Lipinski definition) is 6. The largest absolute Gasteiger partial charge is 0.419 e. The van der Waals surface area contributed by atoms with E-state index in [0.717, 1.165) is 30.0 Å². The maximum Gasteiger partial charge on any atom is 0.257 e. The zero-order valence-corrected chi connectivity index (χ0v) is 18.0. The van der Waals surface area contributed by atoms with Crippen LogP contribution >= 0.6 is 11.3 Å². The van der Waals surface area contributed by atoms with Gasteiger partial charge < -0.3 is 9.73 Å². The Morgan fingerprint density at radius 3 is 2.66 bits per heavy atom. The van der Waals surface area contributed by atoms with Crippen LogP contribution in [0, 0.1) is 0 Å². The quantitative estimate of drug-likeness (QED) is 0.498. The fourth-order valence-electron chi connectivity index (χ4n) is 3.07. The average Bonchev–Trinajstić information content (AvgIpc) is 3.40. The topological polar surface area (TPSA) is 71.3 Å². The predicted octanol–water partition coefficient (Wildman–Crippen LogP) is 5.16. The molecule has 29 heavy (non-hydrogen) atoms. The van der Waals surface area contributed by atoms with Gasteiger partial charge in [0.1, 0.15) is 0 Å². The van der Waals surface area contributed by atoms with E-state index >= 15 is 0 Å². The maximum absolute atomic E-state index is 12.5. The summed E-state index contributed by atoms with van der Waals surface area (Å²) in [6, 6.07) is 12.0. The van der Waals surface area contributed by atoms with E-state index in [4.69, 9.17) is 4.42 Å². The fraction of sp³-hybridized carbons (Fsp3) is 0.409. The van der Waals surface area contributed by atoms with E-state index in [-0.39, 0.29) is 12.5 Å². The van der Waals surface area contributed by atoms with E-state index in [9.17, 15) is 4.79 Å². The van der Waals surface area contributed by atoms with Gasteiger partial charge in [-0.05, 0) is 54.4 Å². The second kappa shape index (κ2) is 10.3. The average molecular weight is 413 g/mol. The highest BCUT2D eigenvalue weighted by Crippen LogP contribution is 2.23. The second-order valence-electron chi connectivity index (χ2n) is 7.17. The minimum Gasteiger partial charge on any atom is -0.419 e. The number of rotatable bonds is 10. The number of anilines is 1. The van der Waals surface area contributed by atoms with Crippen LogP contribution in [0.25, 0.3) is 10.8 Å². The molecule has 1 atom stereocenters. The molecule has 0 radical (unpaired) electrons. The summed E-state index contributed by atoms with van der Waals surface area (Å²) in [6.45, 7) is 7.97. The van der Waals surface area contributed by atoms with Gasteiger partial charge in [0.2, 0.25) is 11.8 Å². The number of amides is 1. The summed E-state index contributed by atoms with van der Waals surface area (Å²) >= 11 is 1.56. The van der Waals surface area contributed by atoms with Crippen molar-refractivity contribution in [2.24, 2.45) is 0 Å². The fourth-order valence-corrected chi connectivity index (χ4v) is 3.72. The number of hydrogen-bond donors (Lipinski definition) is 1. The Kier molecular flexibility index (Phi) is 7.55. The Balaban J connectivity index is 1.57. The van der Waals surface area contributed by atoms with Crippen LogP contribution in [0.4, 0.5) is 5.69 Å². The monoisotopic (exact) mass is 412 g/mol. The molecule has 1 amide bonds. The Hall–Kier alpha value is -2.51. The van der Waals surface area contributed by atoms with Gasteiger partial charge in [-0.2, -0.15) is 0 Å². The standard InChI is InChI=1S/C22H28N4O2S/c1-4-12-26(15-21-24-25-22(28-21)19-7-6-13-29-19)14-20(27)23-18-10-8-17(9-11-18)16(3)5-2/h6-11,13,16H,4-5,12,14-15H2,1-3H3,(H,23,27)/t16-/m1/s1. The summed E-state index contributed by atoms with van der Waals surface area (Å²) in [5, 5.41) is 13.2. The summed E-state index contributed by atoms with van der Waals surface area (Å²) in [6.07, 6.45) is 2.03. The Morgan fingerprint density at radius 2 is 2.00 bits per heavy atom. The molecule has 154 valence electrons. The molecule has 3 aromatic rings. The number of carbonyl (C=O) groups excluding carboxylic acids is 1. The van der Waals surface area contributed by atoms with Crippen molar-refractivity contribution >= 4 is 22.9 Å². The van der Waals surface area contributed by atoms with Crippen LogP contribution in [0.15, 0.2) is 46.2 Å². The van der Waals surface area contributed by atoms with E-state index in [0.29, 0.717) is 24.2 Å². The number of nitrogens with one attached hydrogen (secondary N) is 1. The minimum absolute atomic E-state index is 0.0484. The van der Waals surface area contributed by atoms with E-state index in [1.54, 1.807) is 11.3 Å². The van der Waals surface area contributed by atoms with Gasteiger partial charge in [0.15, 0.2) is 0 Å². The van der Waals surface area contributed by atoms with Gasteiger partial charge in [-0.15, -0.1) is 21.5 Å². The third-order valence-corrected chi connectivity index (χ3v) is 5.70. The number of benzene rings is 1. The molecule has 2 heterocycles. The molecule has 6 nitrogen and oxygen atoms in total. The summed E-state index contributed by atoms with van der Waals surface area (Å²) in [4.78, 5) is 15.5. The van der Waals surface area contributed by atoms with Crippen molar-refractivity contribution < 1.29 is 9.21 Å². The number of nitrogens with zero attached hydrogens (tertiary/aromatic N) is 3. The van der Waals surface area contributed by atoms with Gasteiger partial charge in [-0.3, -0.25) is 9.69 Å². The van der Waals surface area contributed by atoms with Crippen molar-refractivity contribution in [2.75, 3.05) is 18.4 Å². The molecule has 0 spiro atoms. The summed E-state index contributed by atoms with van der Waals surface area (Å²) < 4.78 is 5.77. The first-order valence-corrected chi connectivity index (χ1v) is 11.0. The molecule has 0 aliphatic rings. The molecule has 0 unspecified atom stereocenters. The van der Waals surface area contributed by atoms with Crippen molar-refractivity contribution in [3.05, 3.63) is 53.2 Å². The molecule has 7 heteroatoms. The van der Waals surface area contributed by atoms with Crippen LogP contribution in [0.1, 0.15) is 51.0 Å². The van der Waals surface area contributed by atoms with Crippen molar-refractivity contribution in [2.45, 2.75) is 46.1 Å². The SMILES string of the molecule is CCCN(CC(=O)Nc1ccc([C@H](C)CC)cc1)Cc1nnc(-c2cccs2)o1. The van der Waals surface area contributed by atoms with Crippen LogP contribution in [-0.4, -0.2) is 34.1 Å². The number of carbonyl (C=O) groups is 1. The molecule has 3 rings (SSSR count). The molecule has 0 saturated heterocycles. The Bertz CT molecular complexity index is 890. The van der Waals surface area contributed by atoms with Gasteiger partial charge in [-0.1, -0.05) is 39.0 Å². The van der Waals surface area contributed by atoms with Gasteiger partial charge in [0.25, 0.3) is 5.89 Å². The first kappa shape index (κ1) is 21.2. The van der Waals surface area contributed by atoms with E-state index < -0.39 is 0 Å². The predicted molar refractivity (Wildman–Crippen MR) is 117 cm³/mol. The molecule has 0 fully saturated rings. The smallest absolute Gasteiger partial charge is 0.257 e. The molecule has 1 N–H and O–H groups in total. The first-order valence-electron chi connectivity index (χ1n) is 10.1. The molecule has 0 aliphatic heterocycles. The lowest BCUT2D eigenvalue weighted by atomic mass is 9.99. The highest BCUT2D eigenvalue weighted by Gasteiger charge is 2.16. The molecule has 0 bridgehead atoms. The zero-order chi connectivity index (χ0) is 20.6. The third kappa shape index (κ3) is 5.98. The molecular weight excluding hydrogens is 384 g/mol. The lowest BCUT2D eigenvalue weighted by Gasteiger charge is -2.19. The van der Waals surface area contributed by atoms with Crippen molar-refractivity contribution in [1.29, 1.82) is 0 Å². The Labute approximate surface area is 176 Å². The normalized spacial score (nSPS) is 12.3. The van der Waals surface area contributed by atoms with Gasteiger partial charge in [0, 0.05) is 5.69 Å². The third-order valence-electron chi connectivity index (χ3n) is 4.84. The minimum atomic E-state index is -0.0484. The lowest BCUT2D eigenvalue weighted by Crippen LogP contribution is -2.33. The van der Waals surface area contributed by atoms with Crippen LogP contribution in [-0.2, 0) is 11.3 Å². The van der Waals surface area contributed by atoms with Gasteiger partial charge >= 0.3 is 0 Å². The highest BCUT2D eigenvalue weighted by atomic mass is 32.1. The van der Waals surface area contributed by atoms with Crippen LogP contribution in [0.3, 0.4) is 0 Å². The molecule has 0 aliphatic carbocycles. The zero-order valence-electron chi connectivity index (χ0n) is 17.2. The van der Waals surface area contributed by atoms with E-state index in [2.05, 4.69) is 48.4 Å². The van der Waals surface area contributed by atoms with Crippen LogP contribution in [0.5, 0.6) is 0 Å². The molecule has 0 saturated carbocycles. The maximum atomic E-state index is 12.5. The number of aromatic nitrogens is 2. The lowest BCUT2D eigenvalue weighted by molar-refractivity contribution is -0.117. The van der Waals surface area contributed by atoms with Crippen LogP contribution < -0.4 is 5.32 Å². The van der Waals surface area contributed by atoms with Crippen LogP contribution in [0.2, 0.25) is 0 Å². The first-order chi connectivity index (χ1) is 14.1. The Morgan fingerprint density at radius 1 is 1.21 bits per heavy atom. The van der Waals surface area contributed by atoms with E-state index in [1.165, 1.54) is 5.56 Å². The molecular formula is C22H28N4O2S. The molecule has 2 aromatic heterocycles. The number of thiophene rings is 1. The van der Waals surface area contributed by atoms with Crippen molar-refractivity contribution in [1.82, 2.24) is 15.1 Å². The molecule has 1 aromatic carbocycles. The summed E-state index contributed by atoms with van der Waals surface area (Å²) in [5.74, 6) is 1.52. The highest BCUT2D eigenvalue weighted by molar-refractivity contribution is 7.13. The van der Waals surface area contributed by atoms with Crippen molar-refractivity contribution in [3.8, 4) is 10.8 Å². The summed E-state index contributed by atoms with van der Waals surface area (Å²) in [5.41, 5.74) is 2.10. The van der Waals surface area contributed by atoms with E-state index in [1.807, 2.05) is 34.5 Å². The van der Waals surface area contributed by atoms with Gasteiger partial charge in [-0.25, -0.2) is 0 Å². The van der Waals surface area contributed by atoms with Gasteiger partial charge in [0.05, 0.1) is 18.0 Å². The second-order valence-corrected chi connectivity index (χ2v) is 8.12. The summed E-state index contributed by atoms with van der Waals surface area (Å²) in [7, 11) is 0.